The van der Waals surface area contributed by atoms with Crippen molar-refractivity contribution in [2.45, 2.75) is 53.1 Å². The van der Waals surface area contributed by atoms with Crippen molar-refractivity contribution in [3.63, 3.8) is 0 Å². The summed E-state index contributed by atoms with van der Waals surface area (Å²) in [5.74, 6) is 0.796. The molecule has 0 bridgehead atoms. The first-order valence-corrected chi connectivity index (χ1v) is 5.78. The van der Waals surface area contributed by atoms with E-state index in [1.807, 2.05) is 0 Å². The number of hydrogen-bond acceptors (Lipinski definition) is 1. The van der Waals surface area contributed by atoms with Crippen molar-refractivity contribution in [2.75, 3.05) is 0 Å². The Morgan fingerprint density at radius 3 is 1.62 bits per heavy atom. The van der Waals surface area contributed by atoms with Crippen LogP contribution < -0.4 is 5.73 Å². The summed E-state index contributed by atoms with van der Waals surface area (Å²) in [5, 5.41) is 0.345. The van der Waals surface area contributed by atoms with Crippen LogP contribution in [0.15, 0.2) is 0 Å². The van der Waals surface area contributed by atoms with Gasteiger partial charge in [0.1, 0.15) is 6.03 Å². The molecule has 0 aliphatic heterocycles. The fourth-order valence-electron chi connectivity index (χ4n) is 1.28. The number of nitrogens with one attached hydrogen (secondary N) is 1. The summed E-state index contributed by atoms with van der Waals surface area (Å²) in [7, 11) is 2.95. The van der Waals surface area contributed by atoms with Crippen LogP contribution in [0.3, 0.4) is 0 Å². The number of primary amides is 1. The Morgan fingerprint density at radius 1 is 1.31 bits per heavy atom. The summed E-state index contributed by atoms with van der Waals surface area (Å²) < 4.78 is 0. The summed E-state index contributed by atoms with van der Waals surface area (Å²) >= 11 is 0. The van der Waals surface area contributed by atoms with Crippen molar-refractivity contribution < 1.29 is 4.79 Å². The van der Waals surface area contributed by atoms with E-state index >= 15 is 0 Å². The average Bonchev–Trinajstić information content (AvgIpc) is 1.78. The molecule has 1 unspecified atom stereocenters. The van der Waals surface area contributed by atoms with Crippen LogP contribution in [0.5, 0.6) is 0 Å². The topological polar surface area (TPSA) is 66.9 Å². The van der Waals surface area contributed by atoms with Crippen molar-refractivity contribution >= 4 is 15.3 Å². The number of carbonyl (C=O) groups is 1. The Morgan fingerprint density at radius 2 is 1.56 bits per heavy atom. The maximum Gasteiger partial charge on any atom is 0.147 e. The fraction of sp³-hybridized carbons (Fsp3) is 0.909. The molecule has 3 nitrogen and oxygen atoms in total. The van der Waals surface area contributed by atoms with Crippen LogP contribution in [0.1, 0.15) is 48.0 Å². The van der Waals surface area contributed by atoms with Crippen LogP contribution in [0.4, 0.5) is 4.79 Å². The van der Waals surface area contributed by atoms with Crippen LogP contribution in [0, 0.1) is 11.3 Å². The Kier molecular flexibility index (Phi) is 8.88. The third-order valence-electron chi connectivity index (χ3n) is 2.66. The van der Waals surface area contributed by atoms with Gasteiger partial charge in [0.2, 0.25) is 0 Å². The van der Waals surface area contributed by atoms with E-state index in [9.17, 15) is 0 Å². The molecule has 0 radical (unpaired) electrons. The third-order valence-corrected chi connectivity index (χ3v) is 3.44. The number of urea groups is 1. The fourth-order valence-corrected chi connectivity index (χ4v) is 1.40. The quantitative estimate of drug-likeness (QED) is 0.589. The molecule has 0 aromatic carbocycles. The molecule has 0 fully saturated rings. The zero-order valence-corrected chi connectivity index (χ0v) is 19.1. The van der Waals surface area contributed by atoms with Gasteiger partial charge in [-0.1, -0.05) is 41.5 Å². The van der Waals surface area contributed by atoms with Crippen molar-refractivity contribution in [2.24, 2.45) is 17.1 Å². The summed E-state index contributed by atoms with van der Waals surface area (Å²) in [6.45, 7) is 13.9. The van der Waals surface area contributed by atoms with Gasteiger partial charge in [-0.2, -0.15) is 0 Å². The predicted octanol–water partition coefficient (Wildman–Crippen LogP) is 3.83. The van der Waals surface area contributed by atoms with Gasteiger partial charge < -0.3 is 11.5 Å². The molecule has 5 heteroatoms. The van der Waals surface area contributed by atoms with E-state index in [0.29, 0.717) is 10.6 Å². The molecule has 0 saturated heterocycles. The van der Waals surface area contributed by atoms with Gasteiger partial charge in [0.15, 0.2) is 0 Å². The minimum Gasteiger partial charge on any atom is -0.463 e. The zero-order chi connectivity index (χ0) is 12.9. The van der Waals surface area contributed by atoms with Crippen molar-refractivity contribution in [1.82, 2.24) is 0 Å². The third kappa shape index (κ3) is 10.8. The van der Waals surface area contributed by atoms with Crippen LogP contribution in [-0.2, 0) is 0 Å². The molecule has 0 aromatic heterocycles. The average molecular weight is 500 g/mol. The van der Waals surface area contributed by atoms with Crippen molar-refractivity contribution in [1.29, 1.82) is 0 Å². The van der Waals surface area contributed by atoms with Crippen LogP contribution in [-0.4, -0.2) is 11.2 Å². The Hall–Kier alpha value is -1.30. The predicted molar refractivity (Wildman–Crippen MR) is 70.9 cm³/mol. The molecule has 0 spiro atoms. The van der Waals surface area contributed by atoms with Gasteiger partial charge in [-0.15, -0.1) is 9.24 Å². The van der Waals surface area contributed by atoms with Crippen LogP contribution in [0.2, 0.25) is 0 Å². The summed E-state index contributed by atoms with van der Waals surface area (Å²) in [5.41, 5.74) is 10.3. The molecular weight excluding hydrogens is 474 g/mol. The SMILES string of the molecule is CC(C)CC(C)(C)C(C)(C)P.[NH-]C(N)=O.[Rf]. The van der Waals surface area contributed by atoms with Gasteiger partial charge in [-0.25, -0.2) is 0 Å². The second-order valence-electron chi connectivity index (χ2n) is 5.57. The molecule has 0 aliphatic rings. The monoisotopic (exact) mass is 500 g/mol. The van der Waals surface area contributed by atoms with Gasteiger partial charge in [0.25, 0.3) is 0 Å². The summed E-state index contributed by atoms with van der Waals surface area (Å²) in [4.78, 5) is 8.89. The van der Waals surface area contributed by atoms with E-state index in [4.69, 9.17) is 10.5 Å². The summed E-state index contributed by atoms with van der Waals surface area (Å²) in [6, 6.07) is -1.08. The Labute approximate surface area is 96.6 Å². The minimum absolute atomic E-state index is 0. The Bertz CT molecular complexity index is 197. The van der Waals surface area contributed by atoms with Crippen molar-refractivity contribution in [3.8, 4) is 0 Å². The molecule has 3 N–H and O–H groups in total. The van der Waals surface area contributed by atoms with Gasteiger partial charge >= 0.3 is 0 Å². The van der Waals surface area contributed by atoms with Crippen LogP contribution in [0.25, 0.3) is 5.73 Å². The van der Waals surface area contributed by atoms with E-state index in [0.717, 1.165) is 5.92 Å². The van der Waals surface area contributed by atoms with Gasteiger partial charge in [0.05, 0.1) is 0 Å². The Balaban J connectivity index is -0.000000292. The maximum absolute atomic E-state index is 8.89. The van der Waals surface area contributed by atoms with Gasteiger partial charge in [-0.05, 0) is 22.9 Å². The first-order valence-electron chi connectivity index (χ1n) is 5.20. The molecule has 16 heavy (non-hydrogen) atoms. The van der Waals surface area contributed by atoms with E-state index in [2.05, 4.69) is 56.5 Å². The molecule has 0 aromatic rings. The second kappa shape index (κ2) is 7.05. The normalized spacial score (nSPS) is 11.2. The molecule has 94 valence electrons. The zero-order valence-electron chi connectivity index (χ0n) is 11.6. The van der Waals surface area contributed by atoms with Gasteiger partial charge in [0, 0.05) is 0 Å². The standard InChI is InChI=1S/C10H23P.CH4N2O.Rf/c1-8(2)7-9(3,4)10(5,6)11;2-1(3)4;/h8H,7,11H2,1-6H3;(H4,2,3,4);/p-1. The molecule has 2 amide bonds. The first kappa shape index (κ1) is 20.2. The number of hydrogen-bond donors (Lipinski definition) is 1. The van der Waals surface area contributed by atoms with Crippen LogP contribution >= 0.6 is 9.24 Å². The smallest absolute Gasteiger partial charge is 0.147 e. The molecule has 0 saturated carbocycles. The van der Waals surface area contributed by atoms with Gasteiger partial charge in [-0.3, -0.25) is 4.79 Å². The molecular formula is C11H26N2OPRf-. The van der Waals surface area contributed by atoms with E-state index < -0.39 is 6.03 Å². The van der Waals surface area contributed by atoms with E-state index in [1.54, 1.807) is 0 Å². The first-order chi connectivity index (χ1) is 6.40. The minimum atomic E-state index is -1.08. The molecule has 0 heterocycles. The number of amides is 2. The maximum atomic E-state index is 8.89. The number of rotatable bonds is 3. The number of carbonyl (C=O) groups excluding carboxylic acids is 1. The number of nitrogens with two attached hydrogens (primary N) is 1. The summed E-state index contributed by atoms with van der Waals surface area (Å²) in [6.07, 6.45) is 1.30. The molecule has 0 rings (SSSR count). The second-order valence-corrected chi connectivity index (χ2v) is 7.01. The molecule has 1 atom stereocenters. The van der Waals surface area contributed by atoms with Crippen molar-refractivity contribution in [3.05, 3.63) is 5.73 Å². The molecule has 0 aliphatic carbocycles. The largest absolute Gasteiger partial charge is 0.463 e. The van der Waals surface area contributed by atoms with E-state index in [1.165, 1.54) is 6.42 Å². The van der Waals surface area contributed by atoms with E-state index in [-0.39, 0.29) is 0 Å².